The third-order valence-corrected chi connectivity index (χ3v) is 3.36. The van der Waals surface area contributed by atoms with Crippen LogP contribution in [0, 0.1) is 5.82 Å². The van der Waals surface area contributed by atoms with E-state index in [2.05, 4.69) is 5.32 Å². The van der Waals surface area contributed by atoms with E-state index >= 15 is 0 Å². The number of carbonyl (C=O) groups is 1. The molecule has 1 aromatic carbocycles. The predicted molar refractivity (Wildman–Crippen MR) is 66.2 cm³/mol. The number of halogens is 4. The Balaban J connectivity index is 2.39. The molecule has 21 heavy (non-hydrogen) atoms. The van der Waals surface area contributed by atoms with Gasteiger partial charge in [0.15, 0.2) is 0 Å². The minimum absolute atomic E-state index is 0.0712. The summed E-state index contributed by atoms with van der Waals surface area (Å²) in [6.45, 7) is 1.90. The van der Waals surface area contributed by atoms with Crippen molar-refractivity contribution in [1.82, 2.24) is 10.2 Å². The van der Waals surface area contributed by atoms with Crippen molar-refractivity contribution in [1.29, 1.82) is 0 Å². The van der Waals surface area contributed by atoms with Crippen molar-refractivity contribution >= 4 is 5.97 Å². The molecule has 2 N–H and O–H groups in total. The molecule has 0 radical (unpaired) electrons. The molecule has 0 aromatic heterocycles. The van der Waals surface area contributed by atoms with Gasteiger partial charge >= 0.3 is 12.1 Å². The molecule has 1 aromatic rings. The maximum atomic E-state index is 13.3. The fraction of sp³-hybridized carbons (Fsp3) is 0.462. The minimum atomic E-state index is -4.85. The molecule has 2 rings (SSSR count). The van der Waals surface area contributed by atoms with E-state index in [0.29, 0.717) is 38.3 Å². The van der Waals surface area contributed by atoms with E-state index in [-0.39, 0.29) is 5.56 Å². The molecule has 116 valence electrons. The highest BCUT2D eigenvalue weighted by molar-refractivity contribution is 5.75. The summed E-state index contributed by atoms with van der Waals surface area (Å²) in [7, 11) is 0. The molecule has 1 saturated heterocycles. The van der Waals surface area contributed by atoms with Gasteiger partial charge in [0.05, 0.1) is 5.56 Å². The lowest BCUT2D eigenvalue weighted by atomic mass is 10.0. The van der Waals surface area contributed by atoms with Gasteiger partial charge in [-0.05, 0) is 17.7 Å². The van der Waals surface area contributed by atoms with Crippen molar-refractivity contribution in [2.75, 3.05) is 26.2 Å². The van der Waals surface area contributed by atoms with E-state index in [1.54, 1.807) is 4.90 Å². The number of piperazine rings is 1. The third-order valence-electron chi connectivity index (χ3n) is 3.36. The summed E-state index contributed by atoms with van der Waals surface area (Å²) >= 11 is 0. The summed E-state index contributed by atoms with van der Waals surface area (Å²) in [5.74, 6) is -2.66. The van der Waals surface area contributed by atoms with Crippen LogP contribution in [-0.2, 0) is 11.0 Å². The molecule has 0 aliphatic carbocycles. The van der Waals surface area contributed by atoms with Gasteiger partial charge in [0.25, 0.3) is 0 Å². The lowest BCUT2D eigenvalue weighted by Crippen LogP contribution is -2.47. The van der Waals surface area contributed by atoms with Crippen LogP contribution in [0.25, 0.3) is 0 Å². The van der Waals surface area contributed by atoms with Gasteiger partial charge in [-0.15, -0.1) is 0 Å². The summed E-state index contributed by atoms with van der Waals surface area (Å²) in [6.07, 6.45) is -4.85. The number of carboxylic acids is 1. The number of benzene rings is 1. The van der Waals surface area contributed by atoms with Crippen LogP contribution >= 0.6 is 0 Å². The number of nitrogens with one attached hydrogen (secondary N) is 1. The van der Waals surface area contributed by atoms with Crippen LogP contribution in [0.3, 0.4) is 0 Å². The van der Waals surface area contributed by atoms with Gasteiger partial charge in [-0.2, -0.15) is 13.2 Å². The molecule has 1 unspecified atom stereocenters. The van der Waals surface area contributed by atoms with Crippen LogP contribution in [0.4, 0.5) is 17.6 Å². The zero-order valence-electron chi connectivity index (χ0n) is 11.0. The number of rotatable bonds is 3. The monoisotopic (exact) mass is 306 g/mol. The normalized spacial score (nSPS) is 18.5. The molecule has 1 heterocycles. The minimum Gasteiger partial charge on any atom is -0.480 e. The Morgan fingerprint density at radius 2 is 1.90 bits per heavy atom. The van der Waals surface area contributed by atoms with Gasteiger partial charge in [-0.1, -0.05) is 6.07 Å². The lowest BCUT2D eigenvalue weighted by Gasteiger charge is -2.32. The Morgan fingerprint density at radius 3 is 2.43 bits per heavy atom. The van der Waals surface area contributed by atoms with Crippen LogP contribution in [0.5, 0.6) is 0 Å². The average molecular weight is 306 g/mol. The molecule has 1 aliphatic rings. The van der Waals surface area contributed by atoms with Crippen LogP contribution in [0.2, 0.25) is 0 Å². The van der Waals surface area contributed by atoms with E-state index in [1.807, 2.05) is 0 Å². The summed E-state index contributed by atoms with van der Waals surface area (Å²) < 4.78 is 51.5. The summed E-state index contributed by atoms with van der Waals surface area (Å²) in [5.41, 5.74) is -1.51. The highest BCUT2D eigenvalue weighted by Gasteiger charge is 2.36. The Hall–Kier alpha value is -1.67. The molecular weight excluding hydrogens is 292 g/mol. The molecule has 1 fully saturated rings. The number of alkyl halides is 3. The van der Waals surface area contributed by atoms with Gasteiger partial charge in [0.2, 0.25) is 0 Å². The third kappa shape index (κ3) is 3.51. The number of hydrogen-bond acceptors (Lipinski definition) is 3. The SMILES string of the molecule is O=C(O)C(c1ccc(F)c(C(F)(F)F)c1)N1CCNCC1. The molecule has 0 amide bonds. The highest BCUT2D eigenvalue weighted by Crippen LogP contribution is 2.34. The van der Waals surface area contributed by atoms with Crippen molar-refractivity contribution in [3.63, 3.8) is 0 Å². The van der Waals surface area contributed by atoms with Crippen LogP contribution < -0.4 is 5.32 Å². The Bertz CT molecular complexity index is 527. The van der Waals surface area contributed by atoms with Gasteiger partial charge in [0.1, 0.15) is 11.9 Å². The molecule has 0 saturated carbocycles. The molecule has 8 heteroatoms. The smallest absolute Gasteiger partial charge is 0.419 e. The van der Waals surface area contributed by atoms with E-state index in [0.717, 1.165) is 6.07 Å². The van der Waals surface area contributed by atoms with E-state index in [4.69, 9.17) is 0 Å². The quantitative estimate of drug-likeness (QED) is 0.837. The molecule has 4 nitrogen and oxygen atoms in total. The molecule has 1 aliphatic heterocycles. The lowest BCUT2D eigenvalue weighted by molar-refractivity contribution is -0.145. The summed E-state index contributed by atoms with van der Waals surface area (Å²) in [4.78, 5) is 13.0. The van der Waals surface area contributed by atoms with Crippen molar-refractivity contribution in [3.05, 3.63) is 35.1 Å². The van der Waals surface area contributed by atoms with Crippen molar-refractivity contribution in [3.8, 4) is 0 Å². The molecule has 0 bridgehead atoms. The van der Waals surface area contributed by atoms with Crippen LogP contribution in [-0.4, -0.2) is 42.2 Å². The molecular formula is C13H14F4N2O2. The number of hydrogen-bond donors (Lipinski definition) is 2. The van der Waals surface area contributed by atoms with E-state index in [9.17, 15) is 27.5 Å². The van der Waals surface area contributed by atoms with Crippen LogP contribution in [0.15, 0.2) is 18.2 Å². The highest BCUT2D eigenvalue weighted by atomic mass is 19.4. The second kappa shape index (κ2) is 5.98. The maximum absolute atomic E-state index is 13.3. The maximum Gasteiger partial charge on any atom is 0.419 e. The van der Waals surface area contributed by atoms with Gasteiger partial charge in [-0.25, -0.2) is 4.39 Å². The first-order chi connectivity index (χ1) is 9.80. The fourth-order valence-corrected chi connectivity index (χ4v) is 2.38. The first kappa shape index (κ1) is 15.7. The predicted octanol–water partition coefficient (Wildman–Crippen LogP) is 1.88. The number of aliphatic carboxylic acids is 1. The zero-order chi connectivity index (χ0) is 15.6. The Kier molecular flexibility index (Phi) is 4.48. The van der Waals surface area contributed by atoms with Crippen LogP contribution in [0.1, 0.15) is 17.2 Å². The largest absolute Gasteiger partial charge is 0.480 e. The van der Waals surface area contributed by atoms with E-state index in [1.165, 1.54) is 0 Å². The number of carboxylic acid groups (broad SMARTS) is 1. The summed E-state index contributed by atoms with van der Waals surface area (Å²) in [6, 6.07) is 1.12. The van der Waals surface area contributed by atoms with Gasteiger partial charge in [0, 0.05) is 26.2 Å². The van der Waals surface area contributed by atoms with Crippen molar-refractivity contribution in [2.24, 2.45) is 0 Å². The topological polar surface area (TPSA) is 52.6 Å². The first-order valence-corrected chi connectivity index (χ1v) is 6.35. The Labute approximate surface area is 118 Å². The molecule has 0 spiro atoms. The standard InChI is InChI=1S/C13H14F4N2O2/c14-10-2-1-8(7-9(10)13(15,16)17)11(12(20)21)19-5-3-18-4-6-19/h1-2,7,11,18H,3-6H2,(H,20,21). The second-order valence-corrected chi connectivity index (χ2v) is 4.76. The van der Waals surface area contributed by atoms with E-state index < -0.39 is 29.6 Å². The second-order valence-electron chi connectivity index (χ2n) is 4.76. The fourth-order valence-electron chi connectivity index (χ4n) is 2.38. The van der Waals surface area contributed by atoms with Gasteiger partial charge < -0.3 is 10.4 Å². The first-order valence-electron chi connectivity index (χ1n) is 6.35. The number of nitrogens with zero attached hydrogens (tertiary/aromatic N) is 1. The van der Waals surface area contributed by atoms with Gasteiger partial charge in [-0.3, -0.25) is 9.69 Å². The molecule has 1 atom stereocenters. The zero-order valence-corrected chi connectivity index (χ0v) is 11.0. The summed E-state index contributed by atoms with van der Waals surface area (Å²) in [5, 5.41) is 12.3. The van der Waals surface area contributed by atoms with Crippen molar-refractivity contribution in [2.45, 2.75) is 12.2 Å². The Morgan fingerprint density at radius 1 is 1.29 bits per heavy atom. The van der Waals surface area contributed by atoms with Crippen molar-refractivity contribution < 1.29 is 27.5 Å². The average Bonchev–Trinajstić information content (AvgIpc) is 2.40.